The first kappa shape index (κ1) is 19.5. The van der Waals surface area contributed by atoms with Crippen molar-refractivity contribution in [1.29, 1.82) is 0 Å². The van der Waals surface area contributed by atoms with Gasteiger partial charge >= 0.3 is 0 Å². The number of benzene rings is 2. The number of nitrogens with zero attached hydrogens (tertiary/aromatic N) is 3. The average molecular weight is 430 g/mol. The molecule has 6 heteroatoms. The minimum atomic E-state index is -0.280. The largest absolute Gasteiger partial charge is 0.362 e. The Morgan fingerprint density at radius 2 is 1.58 bits per heavy atom. The summed E-state index contributed by atoms with van der Waals surface area (Å²) in [5.74, 6) is -0.538. The van der Waals surface area contributed by atoms with Crippen LogP contribution in [-0.2, 0) is 29.1 Å². The molecule has 0 aliphatic carbocycles. The number of carbonyl (C=O) groups is 2. The molecule has 31 heavy (non-hydrogen) atoms. The van der Waals surface area contributed by atoms with Crippen molar-refractivity contribution >= 4 is 29.0 Å². The minimum absolute atomic E-state index is 0.213. The maximum atomic E-state index is 13.5. The number of rotatable bonds is 4. The normalized spacial score (nSPS) is 16.2. The lowest BCUT2D eigenvalue weighted by molar-refractivity contribution is -0.138. The summed E-state index contributed by atoms with van der Waals surface area (Å²) in [6.45, 7) is 1.50. The van der Waals surface area contributed by atoms with E-state index in [4.69, 9.17) is 11.6 Å². The first-order chi connectivity index (χ1) is 15.1. The molecule has 5 nitrogen and oxygen atoms in total. The van der Waals surface area contributed by atoms with Crippen molar-refractivity contribution in [3.05, 3.63) is 106 Å². The summed E-state index contributed by atoms with van der Waals surface area (Å²) in [5, 5.41) is 0.586. The van der Waals surface area contributed by atoms with Crippen molar-refractivity contribution in [2.24, 2.45) is 0 Å². The van der Waals surface area contributed by atoms with Crippen LogP contribution in [0.1, 0.15) is 22.3 Å². The Morgan fingerprint density at radius 1 is 0.871 bits per heavy atom. The number of halogens is 1. The number of carbonyl (C=O) groups excluding carboxylic acids is 2. The molecule has 0 spiro atoms. The van der Waals surface area contributed by atoms with Crippen molar-refractivity contribution in [2.45, 2.75) is 19.5 Å². The molecule has 5 rings (SSSR count). The van der Waals surface area contributed by atoms with Gasteiger partial charge in [0.1, 0.15) is 5.70 Å². The molecule has 2 aliphatic rings. The highest BCUT2D eigenvalue weighted by atomic mass is 35.5. The summed E-state index contributed by atoms with van der Waals surface area (Å²) in [6.07, 6.45) is 4.16. The molecule has 2 aromatic carbocycles. The predicted octanol–water partition coefficient (Wildman–Crippen LogP) is 4.07. The molecule has 0 atom stereocenters. The highest BCUT2D eigenvalue weighted by molar-refractivity contribution is 6.35. The second-order valence-corrected chi connectivity index (χ2v) is 8.16. The van der Waals surface area contributed by atoms with Crippen molar-refractivity contribution in [3.8, 4) is 0 Å². The van der Waals surface area contributed by atoms with E-state index in [1.54, 1.807) is 36.7 Å². The number of amides is 2. The third-order valence-corrected chi connectivity index (χ3v) is 6.07. The van der Waals surface area contributed by atoms with Gasteiger partial charge in [-0.1, -0.05) is 48.0 Å². The molecule has 1 aromatic heterocycles. The lowest BCUT2D eigenvalue weighted by atomic mass is 9.98. The molecule has 3 aromatic rings. The van der Waals surface area contributed by atoms with Crippen LogP contribution in [0.5, 0.6) is 0 Å². The maximum absolute atomic E-state index is 13.5. The zero-order valence-corrected chi connectivity index (χ0v) is 17.5. The molecule has 0 bridgehead atoms. The fraction of sp³-hybridized carbons (Fsp3) is 0.160. The molecule has 0 N–H and O–H groups in total. The van der Waals surface area contributed by atoms with E-state index < -0.39 is 0 Å². The van der Waals surface area contributed by atoms with Gasteiger partial charge in [0.15, 0.2) is 0 Å². The van der Waals surface area contributed by atoms with Crippen LogP contribution in [0.4, 0.5) is 0 Å². The van der Waals surface area contributed by atoms with Crippen LogP contribution in [0.2, 0.25) is 5.02 Å². The zero-order valence-electron chi connectivity index (χ0n) is 16.8. The van der Waals surface area contributed by atoms with Crippen LogP contribution in [0.3, 0.4) is 0 Å². The van der Waals surface area contributed by atoms with Gasteiger partial charge in [-0.15, -0.1) is 0 Å². The SMILES string of the molecule is O=C1C(c2ccc(Cl)cc2)=C(N2CCc3ccccc3C2)C(=O)N1Cc1ccncc1. The van der Waals surface area contributed by atoms with Crippen molar-refractivity contribution in [2.75, 3.05) is 6.54 Å². The Hall–Kier alpha value is -3.44. The highest BCUT2D eigenvalue weighted by Gasteiger charge is 2.42. The Labute approximate surface area is 185 Å². The van der Waals surface area contributed by atoms with Gasteiger partial charge in [-0.25, -0.2) is 0 Å². The van der Waals surface area contributed by atoms with Crippen LogP contribution in [0.25, 0.3) is 5.57 Å². The van der Waals surface area contributed by atoms with Gasteiger partial charge in [0.25, 0.3) is 11.8 Å². The smallest absolute Gasteiger partial charge is 0.278 e. The molecule has 2 amide bonds. The summed E-state index contributed by atoms with van der Waals surface area (Å²) in [7, 11) is 0. The van der Waals surface area contributed by atoms with Gasteiger partial charge in [-0.05, 0) is 52.9 Å². The molecular formula is C25H20ClN3O2. The van der Waals surface area contributed by atoms with E-state index in [1.165, 1.54) is 16.0 Å². The quantitative estimate of drug-likeness (QED) is 0.586. The Kier molecular flexibility index (Phi) is 5.04. The number of hydrogen-bond donors (Lipinski definition) is 0. The Balaban J connectivity index is 1.56. The van der Waals surface area contributed by atoms with Crippen LogP contribution < -0.4 is 0 Å². The minimum Gasteiger partial charge on any atom is -0.362 e. The molecule has 154 valence electrons. The zero-order chi connectivity index (χ0) is 21.4. The number of pyridine rings is 1. The molecule has 2 aliphatic heterocycles. The molecule has 0 saturated heterocycles. The first-order valence-corrected chi connectivity index (χ1v) is 10.6. The molecule has 0 radical (unpaired) electrons. The summed E-state index contributed by atoms with van der Waals surface area (Å²) >= 11 is 6.07. The lowest BCUT2D eigenvalue weighted by Gasteiger charge is -2.31. The van der Waals surface area contributed by atoms with Crippen LogP contribution >= 0.6 is 11.6 Å². The highest BCUT2D eigenvalue weighted by Crippen LogP contribution is 2.35. The summed E-state index contributed by atoms with van der Waals surface area (Å²) in [4.78, 5) is 34.4. The van der Waals surface area contributed by atoms with Crippen LogP contribution in [0.15, 0.2) is 78.8 Å². The van der Waals surface area contributed by atoms with E-state index in [1.807, 2.05) is 29.2 Å². The molecular weight excluding hydrogens is 410 g/mol. The predicted molar refractivity (Wildman–Crippen MR) is 119 cm³/mol. The van der Waals surface area contributed by atoms with Gasteiger partial charge in [-0.3, -0.25) is 19.5 Å². The Bertz CT molecular complexity index is 1190. The van der Waals surface area contributed by atoms with Crippen LogP contribution in [-0.4, -0.2) is 33.1 Å². The van der Waals surface area contributed by atoms with E-state index in [0.29, 0.717) is 34.9 Å². The van der Waals surface area contributed by atoms with Crippen molar-refractivity contribution < 1.29 is 9.59 Å². The lowest BCUT2D eigenvalue weighted by Crippen LogP contribution is -2.37. The number of aromatic nitrogens is 1. The Morgan fingerprint density at radius 3 is 2.32 bits per heavy atom. The average Bonchev–Trinajstić information content (AvgIpc) is 3.05. The van der Waals surface area contributed by atoms with E-state index in [9.17, 15) is 9.59 Å². The van der Waals surface area contributed by atoms with Gasteiger partial charge in [-0.2, -0.15) is 0 Å². The second kappa shape index (κ2) is 8.00. The summed E-state index contributed by atoms with van der Waals surface area (Å²) in [5.41, 5.74) is 4.94. The fourth-order valence-electron chi connectivity index (χ4n) is 4.23. The van der Waals surface area contributed by atoms with Crippen molar-refractivity contribution in [3.63, 3.8) is 0 Å². The first-order valence-electron chi connectivity index (χ1n) is 10.2. The molecule has 0 fully saturated rings. The van der Waals surface area contributed by atoms with E-state index in [-0.39, 0.29) is 18.4 Å². The number of fused-ring (bicyclic) bond motifs is 1. The molecule has 0 saturated carbocycles. The summed E-state index contributed by atoms with van der Waals surface area (Å²) < 4.78 is 0. The molecule has 0 unspecified atom stereocenters. The van der Waals surface area contributed by atoms with Crippen LogP contribution in [0, 0.1) is 0 Å². The monoisotopic (exact) mass is 429 g/mol. The van der Waals surface area contributed by atoms with E-state index in [0.717, 1.165) is 12.0 Å². The third kappa shape index (κ3) is 3.62. The number of hydrogen-bond acceptors (Lipinski definition) is 4. The van der Waals surface area contributed by atoms with Crippen molar-refractivity contribution in [1.82, 2.24) is 14.8 Å². The summed E-state index contributed by atoms with van der Waals surface area (Å²) in [6, 6.07) is 19.0. The third-order valence-electron chi connectivity index (χ3n) is 5.81. The van der Waals surface area contributed by atoms with Gasteiger partial charge in [0, 0.05) is 30.5 Å². The van der Waals surface area contributed by atoms with E-state index >= 15 is 0 Å². The standard InChI is InChI=1S/C25H20ClN3O2/c26-21-7-5-19(6-8-21)22-23(28-14-11-18-3-1-2-4-20(18)16-28)25(31)29(24(22)30)15-17-9-12-27-13-10-17/h1-10,12-13H,11,14-16H2. The topological polar surface area (TPSA) is 53.5 Å². The van der Waals surface area contributed by atoms with E-state index in [2.05, 4.69) is 17.1 Å². The van der Waals surface area contributed by atoms with Gasteiger partial charge in [0.05, 0.1) is 12.1 Å². The van der Waals surface area contributed by atoms with Gasteiger partial charge < -0.3 is 4.90 Å². The molecule has 3 heterocycles. The number of imide groups is 1. The second-order valence-electron chi connectivity index (χ2n) is 7.72. The maximum Gasteiger partial charge on any atom is 0.278 e. The van der Waals surface area contributed by atoms with Gasteiger partial charge in [0.2, 0.25) is 0 Å². The fourth-order valence-corrected chi connectivity index (χ4v) is 4.36.